The van der Waals surface area contributed by atoms with Crippen LogP contribution in [0.4, 0.5) is 11.4 Å². The zero-order valence-corrected chi connectivity index (χ0v) is 17.2. The number of carboxylic acid groups (broad SMARTS) is 1. The quantitative estimate of drug-likeness (QED) is 0.396. The lowest BCUT2D eigenvalue weighted by Gasteiger charge is -2.08. The van der Waals surface area contributed by atoms with Gasteiger partial charge in [-0.25, -0.2) is 21.5 Å². The maximum Gasteiger partial charge on any atom is 0.299 e. The fraction of sp³-hybridized carbons (Fsp3) is 0.0588. The number of hydrogen-bond donors (Lipinski definition) is 1. The van der Waals surface area contributed by atoms with E-state index in [4.69, 9.17) is 0 Å². The molecule has 3 rings (SSSR count). The van der Waals surface area contributed by atoms with Gasteiger partial charge >= 0.3 is 0 Å². The summed E-state index contributed by atoms with van der Waals surface area (Å²) < 4.78 is 56.7. The molecule has 0 atom stereocenters. The number of carbonyl (C=O) groups is 1. The maximum atomic E-state index is 12.6. The van der Waals surface area contributed by atoms with E-state index in [1.54, 1.807) is 0 Å². The van der Waals surface area contributed by atoms with Crippen LogP contribution in [0.3, 0.4) is 0 Å². The number of hydrogen-bond acceptors (Lipinski definition) is 10. The molecule has 1 aromatic heterocycles. The Bertz CT molecular complexity index is 1450. The first-order valence-corrected chi connectivity index (χ1v) is 11.5. The average molecular weight is 464 g/mol. The van der Waals surface area contributed by atoms with Crippen LogP contribution in [0.25, 0.3) is 5.69 Å². The number of carbonyl (C=O) groups excluding carboxylic acids is 1. The summed E-state index contributed by atoms with van der Waals surface area (Å²) in [5.74, 6) is -1.75. The summed E-state index contributed by atoms with van der Waals surface area (Å²) in [4.78, 5) is 23.5. The van der Waals surface area contributed by atoms with E-state index < -0.39 is 47.8 Å². The lowest BCUT2D eigenvalue weighted by Crippen LogP contribution is -2.23. The van der Waals surface area contributed by atoms with Gasteiger partial charge in [-0.15, -0.1) is 5.11 Å². The minimum atomic E-state index is -4.70. The van der Waals surface area contributed by atoms with Crippen LogP contribution in [0.1, 0.15) is 10.5 Å². The van der Waals surface area contributed by atoms with Gasteiger partial charge in [-0.05, 0) is 48.5 Å². The third-order valence-electron chi connectivity index (χ3n) is 3.98. The second-order valence-electron chi connectivity index (χ2n) is 6.18. The normalized spacial score (nSPS) is 12.3. The van der Waals surface area contributed by atoms with Gasteiger partial charge in [-0.2, -0.15) is 5.11 Å². The first-order valence-electron chi connectivity index (χ1n) is 8.22. The molecule has 12 nitrogen and oxygen atoms in total. The van der Waals surface area contributed by atoms with Gasteiger partial charge in [-0.3, -0.25) is 9.89 Å². The Kier molecular flexibility index (Phi) is 5.62. The van der Waals surface area contributed by atoms with Gasteiger partial charge in [0, 0.05) is 6.26 Å². The second kappa shape index (κ2) is 7.90. The third kappa shape index (κ3) is 4.76. The molecule has 0 saturated heterocycles. The van der Waals surface area contributed by atoms with E-state index in [-0.39, 0.29) is 16.3 Å². The molecule has 0 radical (unpaired) electrons. The third-order valence-corrected chi connectivity index (χ3v) is 5.96. The van der Waals surface area contributed by atoms with E-state index in [0.29, 0.717) is 0 Å². The lowest BCUT2D eigenvalue weighted by molar-refractivity contribution is -0.255. The van der Waals surface area contributed by atoms with E-state index >= 15 is 0 Å². The summed E-state index contributed by atoms with van der Waals surface area (Å²) in [6, 6.07) is 9.30. The van der Waals surface area contributed by atoms with E-state index in [9.17, 15) is 36.1 Å². The van der Waals surface area contributed by atoms with Crippen LogP contribution in [-0.4, -0.2) is 43.4 Å². The summed E-state index contributed by atoms with van der Waals surface area (Å²) in [6.45, 7) is 0. The van der Waals surface area contributed by atoms with E-state index in [1.807, 2.05) is 0 Å². The van der Waals surface area contributed by atoms with Crippen LogP contribution in [0.5, 0.6) is 0 Å². The highest BCUT2D eigenvalue weighted by atomic mass is 32.2. The van der Waals surface area contributed by atoms with Gasteiger partial charge in [0.05, 0.1) is 27.1 Å². The summed E-state index contributed by atoms with van der Waals surface area (Å²) in [5, 5.41) is 21.0. The van der Waals surface area contributed by atoms with Crippen LogP contribution >= 0.6 is 0 Å². The fourth-order valence-electron chi connectivity index (χ4n) is 2.47. The number of nitrogens with one attached hydrogen (secondary N) is 1. The Labute approximate surface area is 175 Å². The van der Waals surface area contributed by atoms with Gasteiger partial charge in [0.1, 0.15) is 15.8 Å². The summed E-state index contributed by atoms with van der Waals surface area (Å²) in [6.07, 6.45) is 1.02. The topological polar surface area (TPSA) is 194 Å². The zero-order chi connectivity index (χ0) is 23.0. The van der Waals surface area contributed by atoms with E-state index in [1.165, 1.54) is 24.3 Å². The molecule has 0 aliphatic heterocycles. The largest absolute Gasteiger partial charge is 0.744 e. The van der Waals surface area contributed by atoms with Crippen LogP contribution in [0, 0.1) is 0 Å². The Morgan fingerprint density at radius 1 is 0.935 bits per heavy atom. The van der Waals surface area contributed by atoms with E-state index in [0.717, 1.165) is 35.2 Å². The molecule has 1 N–H and O–H groups in total. The van der Waals surface area contributed by atoms with Crippen molar-refractivity contribution in [2.75, 3.05) is 6.26 Å². The Balaban J connectivity index is 2.02. The first kappa shape index (κ1) is 22.1. The van der Waals surface area contributed by atoms with Crippen LogP contribution in [0.2, 0.25) is 0 Å². The van der Waals surface area contributed by atoms with Crippen molar-refractivity contribution in [2.45, 2.75) is 9.79 Å². The standard InChI is InChI=1S/C17H14N4O8S2/c1-30(25,26)12-6-2-10(3-7-12)18-19-14-15(17(23)24)20-21(16(14)22)11-4-8-13(9-5-11)31(27,28)29/h2-9,20H,1H3,(H,23,24)(H,27,28,29)/p-2. The number of aromatic carboxylic acids is 1. The first-order chi connectivity index (χ1) is 14.4. The van der Waals surface area contributed by atoms with Crippen molar-refractivity contribution < 1.29 is 31.3 Å². The van der Waals surface area contributed by atoms with Crippen molar-refractivity contribution in [3.05, 3.63) is 64.6 Å². The van der Waals surface area contributed by atoms with Gasteiger partial charge in [0.15, 0.2) is 15.5 Å². The average Bonchev–Trinajstić information content (AvgIpc) is 3.02. The number of H-pyrrole nitrogens is 1. The predicted molar refractivity (Wildman–Crippen MR) is 102 cm³/mol. The second-order valence-corrected chi connectivity index (χ2v) is 9.57. The number of carboxylic acids is 1. The molecule has 162 valence electrons. The van der Waals surface area contributed by atoms with Gasteiger partial charge in [-0.1, -0.05) is 0 Å². The smallest absolute Gasteiger partial charge is 0.299 e. The lowest BCUT2D eigenvalue weighted by atomic mass is 10.3. The van der Waals surface area contributed by atoms with Crippen molar-refractivity contribution in [3.63, 3.8) is 0 Å². The zero-order valence-electron chi connectivity index (χ0n) is 15.5. The molecule has 0 fully saturated rings. The fourth-order valence-corrected chi connectivity index (χ4v) is 3.57. The molecule has 2 aromatic carbocycles. The van der Waals surface area contributed by atoms with Gasteiger partial charge in [0.25, 0.3) is 5.56 Å². The van der Waals surface area contributed by atoms with Crippen LogP contribution in [-0.2, 0) is 20.0 Å². The molecule has 14 heteroatoms. The minimum Gasteiger partial charge on any atom is -0.744 e. The molecule has 0 unspecified atom stereocenters. The predicted octanol–water partition coefficient (Wildman–Crippen LogP) is 0.252. The Morgan fingerprint density at radius 2 is 1.48 bits per heavy atom. The number of nitrogens with zero attached hydrogens (tertiary/aromatic N) is 3. The molecule has 31 heavy (non-hydrogen) atoms. The van der Waals surface area contributed by atoms with Crippen LogP contribution < -0.4 is 10.7 Å². The van der Waals surface area contributed by atoms with Crippen molar-refractivity contribution >= 4 is 37.3 Å². The molecule has 1 heterocycles. The maximum absolute atomic E-state index is 12.6. The number of rotatable bonds is 6. The molecule has 0 spiro atoms. The molecule has 0 bridgehead atoms. The number of benzene rings is 2. The van der Waals surface area contributed by atoms with Gasteiger partial charge in [0.2, 0.25) is 0 Å². The molecule has 3 aromatic rings. The SMILES string of the molecule is CS(=O)(=O)c1ccc(N=Nc2c(C(=O)[O-])[nH]n(-c3ccc(S(=O)(=O)[O-])cc3)c2=O)cc1. The molecule has 0 aliphatic rings. The van der Waals surface area contributed by atoms with Gasteiger partial charge < -0.3 is 14.5 Å². The highest BCUT2D eigenvalue weighted by molar-refractivity contribution is 7.90. The van der Waals surface area contributed by atoms with Crippen molar-refractivity contribution in [3.8, 4) is 5.69 Å². The monoisotopic (exact) mass is 464 g/mol. The number of sulfone groups is 1. The molecule has 0 amide bonds. The highest BCUT2D eigenvalue weighted by Crippen LogP contribution is 2.21. The van der Waals surface area contributed by atoms with Crippen LogP contribution in [0.15, 0.2) is 73.3 Å². The highest BCUT2D eigenvalue weighted by Gasteiger charge is 2.16. The molecular formula is C17H12N4O8S2-2. The molecule has 0 aliphatic carbocycles. The molecule has 0 saturated carbocycles. The summed E-state index contributed by atoms with van der Waals surface area (Å²) in [5.41, 5.74) is -2.06. The Hall–Kier alpha value is -3.62. The van der Waals surface area contributed by atoms with E-state index in [2.05, 4.69) is 15.3 Å². The van der Waals surface area contributed by atoms with Crippen molar-refractivity contribution in [1.82, 2.24) is 9.78 Å². The molecular weight excluding hydrogens is 452 g/mol. The summed E-state index contributed by atoms with van der Waals surface area (Å²) in [7, 11) is -8.13. The summed E-state index contributed by atoms with van der Waals surface area (Å²) >= 11 is 0. The number of aromatic nitrogens is 2. The van der Waals surface area contributed by atoms with Crippen molar-refractivity contribution in [1.29, 1.82) is 0 Å². The number of aromatic amines is 1. The Morgan fingerprint density at radius 3 is 1.97 bits per heavy atom. The number of azo groups is 1. The minimum absolute atomic E-state index is 0.0267. The van der Waals surface area contributed by atoms with Crippen molar-refractivity contribution in [2.24, 2.45) is 10.2 Å².